The molecule has 2 heterocycles. The van der Waals surface area contributed by atoms with Crippen LogP contribution in [0.3, 0.4) is 0 Å². The molecule has 1 aromatic carbocycles. The van der Waals surface area contributed by atoms with Gasteiger partial charge in [-0.05, 0) is 31.0 Å². The Bertz CT molecular complexity index is 854. The first-order valence-corrected chi connectivity index (χ1v) is 10.7. The van der Waals surface area contributed by atoms with E-state index in [-0.39, 0.29) is 39.6 Å². The van der Waals surface area contributed by atoms with E-state index in [1.807, 2.05) is 0 Å². The molecular formula is C15H14ClFN2O3S2. The summed E-state index contributed by atoms with van der Waals surface area (Å²) in [7, 11) is -3.13. The lowest BCUT2D eigenvalue weighted by molar-refractivity contribution is -0.118. The quantitative estimate of drug-likeness (QED) is 0.778. The summed E-state index contributed by atoms with van der Waals surface area (Å²) in [5.74, 6) is -0.671. The average molecular weight is 389 g/mol. The van der Waals surface area contributed by atoms with Crippen LogP contribution in [-0.4, -0.2) is 42.3 Å². The summed E-state index contributed by atoms with van der Waals surface area (Å²) in [5, 5.41) is 0.263. The Hall–Kier alpha value is -1.12. The molecule has 128 valence electrons. The highest BCUT2D eigenvalue weighted by atomic mass is 35.5. The number of carbonyl (C=O) groups excluding carboxylic acids is 1. The molecule has 5 nitrogen and oxygen atoms in total. The van der Waals surface area contributed by atoms with Crippen LogP contribution in [0, 0.1) is 11.7 Å². The van der Waals surface area contributed by atoms with Crippen LogP contribution in [0.25, 0.3) is 0 Å². The van der Waals surface area contributed by atoms with Gasteiger partial charge in [-0.1, -0.05) is 23.4 Å². The Labute approximate surface area is 148 Å². The van der Waals surface area contributed by atoms with Gasteiger partial charge in [0.2, 0.25) is 0 Å². The van der Waals surface area contributed by atoms with E-state index in [9.17, 15) is 17.6 Å². The maximum absolute atomic E-state index is 13.5. The molecule has 0 spiro atoms. The fraction of sp³-hybridized carbons (Fsp3) is 0.467. The van der Waals surface area contributed by atoms with Crippen LogP contribution in [0.1, 0.15) is 12.8 Å². The fourth-order valence-electron chi connectivity index (χ4n) is 3.02. The molecule has 2 aliphatic heterocycles. The number of sulfone groups is 1. The molecule has 24 heavy (non-hydrogen) atoms. The number of anilines is 1. The van der Waals surface area contributed by atoms with Crippen molar-refractivity contribution >= 4 is 50.0 Å². The summed E-state index contributed by atoms with van der Waals surface area (Å²) in [4.78, 5) is 18.0. The van der Waals surface area contributed by atoms with Gasteiger partial charge < -0.3 is 4.90 Å². The number of amides is 1. The number of halogens is 2. The van der Waals surface area contributed by atoms with Crippen molar-refractivity contribution in [3.8, 4) is 0 Å². The zero-order valence-corrected chi connectivity index (χ0v) is 14.9. The predicted molar refractivity (Wildman–Crippen MR) is 92.9 cm³/mol. The maximum atomic E-state index is 13.5. The lowest BCUT2D eigenvalue weighted by Gasteiger charge is -2.24. The highest BCUT2D eigenvalue weighted by Gasteiger charge is 2.49. The second kappa shape index (κ2) is 5.71. The lowest BCUT2D eigenvalue weighted by Crippen LogP contribution is -2.37. The highest BCUT2D eigenvalue weighted by Crippen LogP contribution is 2.42. The van der Waals surface area contributed by atoms with Crippen LogP contribution in [0.15, 0.2) is 23.2 Å². The van der Waals surface area contributed by atoms with Gasteiger partial charge in [-0.3, -0.25) is 4.79 Å². The van der Waals surface area contributed by atoms with Gasteiger partial charge in [-0.25, -0.2) is 12.8 Å². The molecule has 1 aromatic rings. The van der Waals surface area contributed by atoms with Crippen molar-refractivity contribution in [1.29, 1.82) is 0 Å². The Morgan fingerprint density at radius 1 is 1.33 bits per heavy atom. The van der Waals surface area contributed by atoms with Crippen molar-refractivity contribution in [3.63, 3.8) is 0 Å². The standard InChI is InChI=1S/C15H14ClFN2O3S2/c16-10-5-9(3-4-11(10)17)19-12-6-24(21,22)7-13(12)23-15(19)18-14(20)8-1-2-8/h3-5,8,12-13H,1-2,6-7H2/t12-,13+/m1/s1. The number of rotatable bonds is 2. The molecule has 9 heteroatoms. The van der Waals surface area contributed by atoms with Crippen molar-refractivity contribution in [2.75, 3.05) is 16.4 Å². The van der Waals surface area contributed by atoms with Gasteiger partial charge in [0.25, 0.3) is 5.91 Å². The molecular weight excluding hydrogens is 375 g/mol. The van der Waals surface area contributed by atoms with E-state index in [0.29, 0.717) is 10.9 Å². The van der Waals surface area contributed by atoms with Crippen molar-refractivity contribution in [2.45, 2.75) is 24.1 Å². The van der Waals surface area contributed by atoms with E-state index in [0.717, 1.165) is 12.8 Å². The van der Waals surface area contributed by atoms with E-state index in [1.54, 1.807) is 4.90 Å². The molecule has 3 aliphatic rings. The summed E-state index contributed by atoms with van der Waals surface area (Å²) in [5.41, 5.74) is 0.556. The number of hydrogen-bond donors (Lipinski definition) is 0. The first-order chi connectivity index (χ1) is 11.3. The summed E-state index contributed by atoms with van der Waals surface area (Å²) >= 11 is 7.18. The molecule has 1 amide bonds. The summed E-state index contributed by atoms with van der Waals surface area (Å²) in [6.07, 6.45) is 1.70. The number of hydrogen-bond acceptors (Lipinski definition) is 4. The number of carbonyl (C=O) groups is 1. The number of fused-ring (bicyclic) bond motifs is 1. The highest BCUT2D eigenvalue weighted by molar-refractivity contribution is 8.16. The monoisotopic (exact) mass is 388 g/mol. The molecule has 0 unspecified atom stereocenters. The van der Waals surface area contributed by atoms with Crippen molar-refractivity contribution in [1.82, 2.24) is 0 Å². The van der Waals surface area contributed by atoms with E-state index >= 15 is 0 Å². The first kappa shape index (κ1) is 16.4. The number of aliphatic imine (C=N–C) groups is 1. The first-order valence-electron chi connectivity index (χ1n) is 7.58. The Kier molecular flexibility index (Phi) is 3.89. The van der Waals surface area contributed by atoms with E-state index < -0.39 is 15.7 Å². The van der Waals surface area contributed by atoms with Gasteiger partial charge >= 0.3 is 0 Å². The Morgan fingerprint density at radius 2 is 2.08 bits per heavy atom. The normalized spacial score (nSPS) is 29.9. The molecule has 1 aliphatic carbocycles. The zero-order valence-electron chi connectivity index (χ0n) is 12.5. The fourth-order valence-corrected chi connectivity index (χ4v) is 7.11. The van der Waals surface area contributed by atoms with Gasteiger partial charge in [-0.15, -0.1) is 0 Å². The van der Waals surface area contributed by atoms with E-state index in [1.165, 1.54) is 30.0 Å². The van der Waals surface area contributed by atoms with Crippen molar-refractivity contribution < 1.29 is 17.6 Å². The van der Waals surface area contributed by atoms with Crippen LogP contribution < -0.4 is 4.90 Å². The summed E-state index contributed by atoms with van der Waals surface area (Å²) < 4.78 is 37.4. The van der Waals surface area contributed by atoms with Gasteiger partial charge in [0, 0.05) is 16.9 Å². The van der Waals surface area contributed by atoms with Gasteiger partial charge in [-0.2, -0.15) is 4.99 Å². The third-order valence-corrected chi connectivity index (χ3v) is 7.88. The predicted octanol–water partition coefficient (Wildman–Crippen LogP) is 2.49. The minimum atomic E-state index is -3.13. The molecule has 1 saturated carbocycles. The second-order valence-corrected chi connectivity index (χ2v) is 10.0. The number of benzene rings is 1. The Balaban J connectivity index is 1.74. The molecule has 0 radical (unpaired) electrons. The third kappa shape index (κ3) is 2.95. The largest absolute Gasteiger partial charge is 0.316 e. The molecule has 2 atom stereocenters. The smallest absolute Gasteiger partial charge is 0.251 e. The maximum Gasteiger partial charge on any atom is 0.251 e. The topological polar surface area (TPSA) is 66.8 Å². The lowest BCUT2D eigenvalue weighted by atomic mass is 10.2. The van der Waals surface area contributed by atoms with Crippen LogP contribution in [-0.2, 0) is 14.6 Å². The second-order valence-electron chi connectivity index (χ2n) is 6.28. The van der Waals surface area contributed by atoms with Gasteiger partial charge in [0.1, 0.15) is 5.82 Å². The number of amidine groups is 1. The molecule has 0 N–H and O–H groups in total. The van der Waals surface area contributed by atoms with Crippen molar-refractivity contribution in [2.24, 2.45) is 10.9 Å². The molecule has 0 aromatic heterocycles. The van der Waals surface area contributed by atoms with Crippen LogP contribution in [0.4, 0.5) is 10.1 Å². The van der Waals surface area contributed by atoms with Crippen molar-refractivity contribution in [3.05, 3.63) is 29.0 Å². The zero-order chi connectivity index (χ0) is 17.1. The Morgan fingerprint density at radius 3 is 2.75 bits per heavy atom. The van der Waals surface area contributed by atoms with Crippen LogP contribution >= 0.6 is 23.4 Å². The molecule has 0 bridgehead atoms. The summed E-state index contributed by atoms with van der Waals surface area (Å²) in [6, 6.07) is 3.90. The minimum absolute atomic E-state index is 0.00367. The molecule has 3 fully saturated rings. The van der Waals surface area contributed by atoms with Crippen LogP contribution in [0.5, 0.6) is 0 Å². The average Bonchev–Trinajstić information content (AvgIpc) is 3.23. The van der Waals surface area contributed by atoms with E-state index in [2.05, 4.69) is 4.99 Å². The third-order valence-electron chi connectivity index (χ3n) is 4.38. The van der Waals surface area contributed by atoms with Gasteiger partial charge in [0.05, 0.1) is 22.6 Å². The van der Waals surface area contributed by atoms with E-state index in [4.69, 9.17) is 11.6 Å². The number of thioether (sulfide) groups is 1. The number of nitrogens with zero attached hydrogens (tertiary/aromatic N) is 2. The van der Waals surface area contributed by atoms with Gasteiger partial charge in [0.15, 0.2) is 15.0 Å². The SMILES string of the molecule is O=C(N=C1S[C@H]2CS(=O)(=O)C[C@H]2N1c1ccc(F)c(Cl)c1)C1CC1. The van der Waals surface area contributed by atoms with Crippen LogP contribution in [0.2, 0.25) is 5.02 Å². The summed E-state index contributed by atoms with van der Waals surface area (Å²) in [6.45, 7) is 0. The molecule has 2 saturated heterocycles. The molecule has 4 rings (SSSR count). The minimum Gasteiger partial charge on any atom is -0.316 e.